The number of carboxylic acids is 1. The molecule has 1 saturated carbocycles. The first-order valence-electron chi connectivity index (χ1n) is 12.1. The number of carbonyl (C=O) groups excluding carboxylic acids is 2. The van der Waals surface area contributed by atoms with Crippen LogP contribution in [0.15, 0.2) is 48.5 Å². The standard InChI is InChI=1S/C27H32N2O5/c1-2-3-15-23(25(30)29-24(26(31)32)17-9-8-10-17)28-27(33)34-16-22-20-13-6-4-11-18(20)19-12-5-7-14-21(19)22/h4-7,11-14,17,22-24H,2-3,8-10,15-16H2,1H3,(H,28,33)(H,29,30)(H,31,32). The van der Waals surface area contributed by atoms with E-state index in [-0.39, 0.29) is 18.4 Å². The number of ether oxygens (including phenoxy) is 1. The number of rotatable bonds is 10. The van der Waals surface area contributed by atoms with Crippen LogP contribution in [0.3, 0.4) is 0 Å². The summed E-state index contributed by atoms with van der Waals surface area (Å²) in [4.78, 5) is 37.2. The molecule has 1 fully saturated rings. The number of hydrogen-bond donors (Lipinski definition) is 3. The normalized spacial score (nSPS) is 16.5. The lowest BCUT2D eigenvalue weighted by Gasteiger charge is -2.32. The number of amides is 2. The topological polar surface area (TPSA) is 105 Å². The molecule has 0 saturated heterocycles. The molecule has 7 heteroatoms. The molecule has 3 N–H and O–H groups in total. The minimum absolute atomic E-state index is 0.0530. The van der Waals surface area contributed by atoms with E-state index in [1.165, 1.54) is 0 Å². The van der Waals surface area contributed by atoms with Gasteiger partial charge in [-0.3, -0.25) is 4.79 Å². The molecule has 7 nitrogen and oxygen atoms in total. The van der Waals surface area contributed by atoms with Gasteiger partial charge >= 0.3 is 12.1 Å². The van der Waals surface area contributed by atoms with Crippen molar-refractivity contribution in [1.29, 1.82) is 0 Å². The van der Waals surface area contributed by atoms with E-state index < -0.39 is 30.1 Å². The Hall–Kier alpha value is -3.35. The van der Waals surface area contributed by atoms with Crippen molar-refractivity contribution in [3.63, 3.8) is 0 Å². The second-order valence-corrected chi connectivity index (χ2v) is 9.18. The smallest absolute Gasteiger partial charge is 0.407 e. The van der Waals surface area contributed by atoms with E-state index in [4.69, 9.17) is 4.74 Å². The number of alkyl carbamates (subject to hydrolysis) is 1. The van der Waals surface area contributed by atoms with Crippen LogP contribution in [0.4, 0.5) is 4.79 Å². The molecular formula is C27H32N2O5. The van der Waals surface area contributed by atoms with Gasteiger partial charge in [0.15, 0.2) is 0 Å². The SMILES string of the molecule is CCCCC(NC(=O)OCC1c2ccccc2-c2ccccc21)C(=O)NC(C(=O)O)C1CCC1. The molecule has 2 aromatic carbocycles. The molecule has 2 aromatic rings. The summed E-state index contributed by atoms with van der Waals surface area (Å²) in [6.07, 6.45) is 3.87. The Balaban J connectivity index is 1.39. The van der Waals surface area contributed by atoms with Crippen LogP contribution in [0.2, 0.25) is 0 Å². The predicted molar refractivity (Wildman–Crippen MR) is 128 cm³/mol. The van der Waals surface area contributed by atoms with Gasteiger partial charge in [-0.25, -0.2) is 9.59 Å². The lowest BCUT2D eigenvalue weighted by molar-refractivity contribution is -0.144. The van der Waals surface area contributed by atoms with Crippen molar-refractivity contribution in [2.45, 2.75) is 63.5 Å². The Labute approximate surface area is 199 Å². The van der Waals surface area contributed by atoms with Gasteiger partial charge in [0, 0.05) is 5.92 Å². The van der Waals surface area contributed by atoms with E-state index >= 15 is 0 Å². The third-order valence-corrected chi connectivity index (χ3v) is 6.98. The van der Waals surface area contributed by atoms with Crippen LogP contribution in [0, 0.1) is 5.92 Å². The zero-order valence-electron chi connectivity index (χ0n) is 19.5. The average molecular weight is 465 g/mol. The fourth-order valence-corrected chi connectivity index (χ4v) is 4.87. The lowest BCUT2D eigenvalue weighted by atomic mass is 9.79. The maximum absolute atomic E-state index is 12.9. The highest BCUT2D eigenvalue weighted by Gasteiger charge is 2.36. The zero-order valence-corrected chi connectivity index (χ0v) is 19.5. The van der Waals surface area contributed by atoms with E-state index in [1.807, 2.05) is 43.3 Å². The van der Waals surface area contributed by atoms with Gasteiger partial charge in [-0.1, -0.05) is 74.7 Å². The Morgan fingerprint density at radius 1 is 1.00 bits per heavy atom. The molecule has 0 bridgehead atoms. The summed E-state index contributed by atoms with van der Waals surface area (Å²) in [5.41, 5.74) is 4.51. The Bertz CT molecular complexity index is 1000. The molecule has 0 heterocycles. The van der Waals surface area contributed by atoms with Crippen molar-refractivity contribution in [3.05, 3.63) is 59.7 Å². The number of unbranched alkanes of at least 4 members (excludes halogenated alkanes) is 1. The summed E-state index contributed by atoms with van der Waals surface area (Å²) in [6, 6.07) is 14.4. The van der Waals surface area contributed by atoms with Gasteiger partial charge < -0.3 is 20.5 Å². The molecule has 2 aliphatic rings. The van der Waals surface area contributed by atoms with E-state index in [0.717, 1.165) is 54.4 Å². The third-order valence-electron chi connectivity index (χ3n) is 6.98. The third kappa shape index (κ3) is 5.08. The van der Waals surface area contributed by atoms with Crippen molar-refractivity contribution in [2.75, 3.05) is 6.61 Å². The van der Waals surface area contributed by atoms with Crippen LogP contribution in [-0.4, -0.2) is 41.8 Å². The van der Waals surface area contributed by atoms with Crippen molar-refractivity contribution in [1.82, 2.24) is 10.6 Å². The molecule has 2 amide bonds. The van der Waals surface area contributed by atoms with Crippen LogP contribution >= 0.6 is 0 Å². The van der Waals surface area contributed by atoms with Gasteiger partial charge in [-0.05, 0) is 47.4 Å². The van der Waals surface area contributed by atoms with Gasteiger partial charge in [-0.15, -0.1) is 0 Å². The quantitative estimate of drug-likeness (QED) is 0.482. The molecule has 34 heavy (non-hydrogen) atoms. The Kier molecular flexibility index (Phi) is 7.50. The molecule has 0 spiro atoms. The summed E-state index contributed by atoms with van der Waals surface area (Å²) < 4.78 is 5.59. The molecule has 0 aliphatic heterocycles. The van der Waals surface area contributed by atoms with Crippen LogP contribution in [-0.2, 0) is 14.3 Å². The van der Waals surface area contributed by atoms with Crippen LogP contribution in [0.5, 0.6) is 0 Å². The van der Waals surface area contributed by atoms with Gasteiger partial charge in [0.25, 0.3) is 0 Å². The van der Waals surface area contributed by atoms with Crippen molar-refractivity contribution >= 4 is 18.0 Å². The van der Waals surface area contributed by atoms with Gasteiger partial charge in [0.2, 0.25) is 5.91 Å². The van der Waals surface area contributed by atoms with Gasteiger partial charge in [0.05, 0.1) is 0 Å². The minimum Gasteiger partial charge on any atom is -0.480 e. The number of fused-ring (bicyclic) bond motifs is 3. The number of carboxylic acid groups (broad SMARTS) is 1. The van der Waals surface area contributed by atoms with E-state index in [1.54, 1.807) is 0 Å². The van der Waals surface area contributed by atoms with Gasteiger partial charge in [-0.2, -0.15) is 0 Å². The highest BCUT2D eigenvalue weighted by atomic mass is 16.5. The van der Waals surface area contributed by atoms with Crippen molar-refractivity contribution < 1.29 is 24.2 Å². The fraction of sp³-hybridized carbons (Fsp3) is 0.444. The number of hydrogen-bond acceptors (Lipinski definition) is 4. The first-order chi connectivity index (χ1) is 16.5. The van der Waals surface area contributed by atoms with Crippen LogP contribution in [0.25, 0.3) is 11.1 Å². The maximum atomic E-state index is 12.9. The number of benzene rings is 2. The van der Waals surface area contributed by atoms with Crippen LogP contribution in [0.1, 0.15) is 62.5 Å². The average Bonchev–Trinajstić information content (AvgIpc) is 3.12. The minimum atomic E-state index is -1.03. The summed E-state index contributed by atoms with van der Waals surface area (Å²) >= 11 is 0. The summed E-state index contributed by atoms with van der Waals surface area (Å²) in [5, 5.41) is 14.9. The monoisotopic (exact) mass is 464 g/mol. The van der Waals surface area contributed by atoms with Crippen molar-refractivity contribution in [3.8, 4) is 11.1 Å². The van der Waals surface area contributed by atoms with E-state index in [2.05, 4.69) is 22.8 Å². The molecule has 2 unspecified atom stereocenters. The number of nitrogens with one attached hydrogen (secondary N) is 2. The number of aliphatic carboxylic acids is 1. The zero-order chi connectivity index (χ0) is 24.1. The molecule has 180 valence electrons. The van der Waals surface area contributed by atoms with E-state index in [0.29, 0.717) is 6.42 Å². The van der Waals surface area contributed by atoms with E-state index in [9.17, 15) is 19.5 Å². The highest BCUT2D eigenvalue weighted by molar-refractivity contribution is 5.89. The predicted octanol–water partition coefficient (Wildman–Crippen LogP) is 4.45. The first-order valence-corrected chi connectivity index (χ1v) is 12.1. The summed E-state index contributed by atoms with van der Waals surface area (Å²) in [7, 11) is 0. The molecule has 0 radical (unpaired) electrons. The summed E-state index contributed by atoms with van der Waals surface area (Å²) in [5.74, 6) is -1.63. The molecular weight excluding hydrogens is 432 g/mol. The number of carbonyl (C=O) groups is 3. The second-order valence-electron chi connectivity index (χ2n) is 9.18. The molecule has 2 atom stereocenters. The highest BCUT2D eigenvalue weighted by Crippen LogP contribution is 2.44. The first kappa shape index (κ1) is 23.8. The lowest BCUT2D eigenvalue weighted by Crippen LogP contribution is -2.54. The maximum Gasteiger partial charge on any atom is 0.407 e. The Morgan fingerprint density at radius 2 is 1.62 bits per heavy atom. The Morgan fingerprint density at radius 3 is 2.15 bits per heavy atom. The molecule has 2 aliphatic carbocycles. The fourth-order valence-electron chi connectivity index (χ4n) is 4.87. The molecule has 0 aromatic heterocycles. The largest absolute Gasteiger partial charge is 0.480 e. The summed E-state index contributed by atoms with van der Waals surface area (Å²) in [6.45, 7) is 2.15. The second kappa shape index (κ2) is 10.7. The van der Waals surface area contributed by atoms with Crippen molar-refractivity contribution in [2.24, 2.45) is 5.92 Å². The van der Waals surface area contributed by atoms with Gasteiger partial charge in [0.1, 0.15) is 18.7 Å². The molecule has 4 rings (SSSR count). The van der Waals surface area contributed by atoms with Crippen LogP contribution < -0.4 is 10.6 Å².